The van der Waals surface area contributed by atoms with E-state index in [2.05, 4.69) is 15.0 Å². The lowest BCUT2D eigenvalue weighted by molar-refractivity contribution is -0.392. The van der Waals surface area contributed by atoms with Gasteiger partial charge in [-0.2, -0.15) is 26.3 Å². The number of aromatic nitrogens is 3. The van der Waals surface area contributed by atoms with Gasteiger partial charge in [0, 0.05) is 24.7 Å². The normalized spacial score (nSPS) is 11.3. The zero-order chi connectivity index (χ0) is 26.6. The van der Waals surface area contributed by atoms with Gasteiger partial charge in [0.15, 0.2) is 5.69 Å². The van der Waals surface area contributed by atoms with Crippen molar-refractivity contribution in [3.8, 4) is 0 Å². The highest BCUT2D eigenvalue weighted by molar-refractivity contribution is 6.35. The van der Waals surface area contributed by atoms with E-state index in [9.17, 15) is 46.6 Å². The summed E-state index contributed by atoms with van der Waals surface area (Å²) < 4.78 is 77.0. The first-order chi connectivity index (χ1) is 16.1. The number of nitrogens with one attached hydrogen (secondary N) is 1. The van der Waals surface area contributed by atoms with E-state index in [1.165, 1.54) is 6.33 Å². The number of hydrogen-bond donors (Lipinski definition) is 1. The maximum absolute atomic E-state index is 13.0. The molecule has 0 bridgehead atoms. The average molecular weight is 545 g/mol. The molecule has 0 aliphatic carbocycles. The minimum atomic E-state index is -5.27. The molecule has 1 N–H and O–H groups in total. The Morgan fingerprint density at radius 2 is 1.51 bits per heavy atom. The van der Waals surface area contributed by atoms with E-state index in [-0.39, 0.29) is 12.3 Å². The van der Waals surface area contributed by atoms with Crippen molar-refractivity contribution in [1.82, 2.24) is 15.0 Å². The monoisotopic (exact) mass is 544 g/mol. The van der Waals surface area contributed by atoms with Crippen LogP contribution in [0.5, 0.6) is 0 Å². The van der Waals surface area contributed by atoms with Gasteiger partial charge < -0.3 is 5.32 Å². The Morgan fingerprint density at radius 1 is 0.914 bits per heavy atom. The van der Waals surface area contributed by atoms with Gasteiger partial charge in [0.1, 0.15) is 17.2 Å². The highest BCUT2D eigenvalue weighted by Crippen LogP contribution is 2.48. The van der Waals surface area contributed by atoms with Crippen molar-refractivity contribution >= 4 is 46.1 Å². The van der Waals surface area contributed by atoms with E-state index in [1.807, 2.05) is 5.32 Å². The van der Waals surface area contributed by atoms with Crippen LogP contribution in [0.3, 0.4) is 0 Å². The van der Waals surface area contributed by atoms with Crippen LogP contribution in [0.25, 0.3) is 0 Å². The maximum atomic E-state index is 13.0. The molecule has 2 heterocycles. The maximum Gasteiger partial charge on any atom is 0.418 e. The highest BCUT2D eigenvalue weighted by Gasteiger charge is 2.42. The smallest absolute Gasteiger partial charge is 0.328 e. The standard InChI is InChI=1S/C13H4Cl2F6N4O4.C4H4N2/c14-6-1-4(12(16,17)18)3-22-11(6)23-9-7(24(26)27)2-5(13(19,20)21)8(15)10(9)25(28)29;1-2-5-4-6-3-1/h1-3H,(H,22,23);1-4H. The van der Waals surface area contributed by atoms with Crippen molar-refractivity contribution in [2.24, 2.45) is 0 Å². The highest BCUT2D eigenvalue weighted by atomic mass is 35.5. The van der Waals surface area contributed by atoms with Crippen molar-refractivity contribution in [2.45, 2.75) is 12.4 Å². The molecular formula is C17H8Cl2F6N6O4. The molecule has 0 radical (unpaired) electrons. The Labute approximate surface area is 199 Å². The predicted octanol–water partition coefficient (Wildman–Crippen LogP) is 6.46. The van der Waals surface area contributed by atoms with E-state index in [0.29, 0.717) is 6.07 Å². The van der Waals surface area contributed by atoms with Crippen LogP contribution < -0.4 is 5.32 Å². The number of nitrogens with zero attached hydrogens (tertiary/aromatic N) is 5. The summed E-state index contributed by atoms with van der Waals surface area (Å²) in [6.45, 7) is 0. The van der Waals surface area contributed by atoms with Gasteiger partial charge in [-0.05, 0) is 12.1 Å². The molecule has 3 rings (SSSR count). The minimum absolute atomic E-state index is 0.0599. The molecule has 0 atom stereocenters. The summed E-state index contributed by atoms with van der Waals surface area (Å²) in [6.07, 6.45) is -4.97. The zero-order valence-corrected chi connectivity index (χ0v) is 17.9. The second-order valence-electron chi connectivity index (χ2n) is 6.07. The van der Waals surface area contributed by atoms with Gasteiger partial charge in [-0.1, -0.05) is 23.2 Å². The minimum Gasteiger partial charge on any atom is -0.328 e. The molecule has 0 unspecified atom stereocenters. The molecule has 35 heavy (non-hydrogen) atoms. The average Bonchev–Trinajstić information content (AvgIpc) is 2.74. The van der Waals surface area contributed by atoms with Crippen molar-refractivity contribution in [2.75, 3.05) is 5.32 Å². The summed E-state index contributed by atoms with van der Waals surface area (Å²) in [4.78, 5) is 30.2. The van der Waals surface area contributed by atoms with Crippen LogP contribution in [0, 0.1) is 20.2 Å². The molecule has 0 saturated heterocycles. The fourth-order valence-electron chi connectivity index (χ4n) is 2.33. The van der Waals surface area contributed by atoms with Gasteiger partial charge in [-0.15, -0.1) is 0 Å². The van der Waals surface area contributed by atoms with Crippen molar-refractivity contribution in [1.29, 1.82) is 0 Å². The van der Waals surface area contributed by atoms with Gasteiger partial charge in [-0.25, -0.2) is 15.0 Å². The van der Waals surface area contributed by atoms with Crippen molar-refractivity contribution < 1.29 is 36.2 Å². The van der Waals surface area contributed by atoms with E-state index >= 15 is 0 Å². The van der Waals surface area contributed by atoms with Crippen LogP contribution in [-0.4, -0.2) is 24.8 Å². The fourth-order valence-corrected chi connectivity index (χ4v) is 2.87. The summed E-state index contributed by atoms with van der Waals surface area (Å²) >= 11 is 11.1. The summed E-state index contributed by atoms with van der Waals surface area (Å²) in [5.74, 6) is -0.721. The van der Waals surface area contributed by atoms with Crippen LogP contribution in [0.2, 0.25) is 10.0 Å². The number of benzene rings is 1. The Balaban J connectivity index is 0.000000625. The predicted molar refractivity (Wildman–Crippen MR) is 109 cm³/mol. The number of nitro groups is 2. The third kappa shape index (κ3) is 6.86. The first-order valence-corrected chi connectivity index (χ1v) is 9.32. The molecule has 1 aromatic carbocycles. The summed E-state index contributed by atoms with van der Waals surface area (Å²) in [7, 11) is 0. The SMILES string of the molecule is O=[N+]([O-])c1cc(C(F)(F)F)c(Cl)c([N+](=O)[O-])c1Nc1ncc(C(F)(F)F)cc1Cl.c1cncnc1. The third-order valence-electron chi connectivity index (χ3n) is 3.79. The number of anilines is 2. The molecule has 0 aliphatic rings. The van der Waals surface area contributed by atoms with Crippen molar-refractivity contribution in [3.05, 3.63) is 84.5 Å². The number of rotatable bonds is 4. The lowest BCUT2D eigenvalue weighted by atomic mass is 10.1. The molecule has 0 amide bonds. The lowest BCUT2D eigenvalue weighted by Crippen LogP contribution is -2.12. The summed E-state index contributed by atoms with van der Waals surface area (Å²) in [5, 5.41) is 22.1. The summed E-state index contributed by atoms with van der Waals surface area (Å²) in [5.41, 5.74) is -7.26. The molecule has 18 heteroatoms. The van der Waals surface area contributed by atoms with Crippen LogP contribution in [-0.2, 0) is 12.4 Å². The van der Waals surface area contributed by atoms with Gasteiger partial charge in [0.2, 0.25) is 0 Å². The Bertz CT molecular complexity index is 1220. The first-order valence-electron chi connectivity index (χ1n) is 8.56. The number of hydrogen-bond acceptors (Lipinski definition) is 8. The molecule has 0 spiro atoms. The topological polar surface area (TPSA) is 137 Å². The van der Waals surface area contributed by atoms with Gasteiger partial charge in [-0.3, -0.25) is 20.2 Å². The molecule has 0 saturated carbocycles. The van der Waals surface area contributed by atoms with Crippen LogP contribution in [0.4, 0.5) is 49.2 Å². The Hall–Kier alpha value is -3.79. The second kappa shape index (κ2) is 10.6. The number of pyridine rings is 1. The molecular weight excluding hydrogens is 537 g/mol. The van der Waals surface area contributed by atoms with Crippen LogP contribution >= 0.6 is 23.2 Å². The molecule has 2 aromatic heterocycles. The number of nitro benzene ring substituents is 2. The number of halogens is 8. The largest absolute Gasteiger partial charge is 0.418 e. The Kier molecular flexibility index (Phi) is 8.35. The molecule has 0 aliphatic heterocycles. The van der Waals surface area contributed by atoms with Crippen molar-refractivity contribution in [3.63, 3.8) is 0 Å². The Morgan fingerprint density at radius 3 is 1.89 bits per heavy atom. The molecule has 3 aromatic rings. The molecule has 10 nitrogen and oxygen atoms in total. The number of alkyl halides is 6. The molecule has 0 fully saturated rings. The van der Waals surface area contributed by atoms with Gasteiger partial charge >= 0.3 is 23.7 Å². The van der Waals surface area contributed by atoms with Gasteiger partial charge in [0.25, 0.3) is 0 Å². The quantitative estimate of drug-likeness (QED) is 0.224. The third-order valence-corrected chi connectivity index (χ3v) is 4.46. The van der Waals surface area contributed by atoms with E-state index < -0.39 is 66.3 Å². The second-order valence-corrected chi connectivity index (χ2v) is 6.86. The zero-order valence-electron chi connectivity index (χ0n) is 16.4. The van der Waals surface area contributed by atoms with Crippen LogP contribution in [0.15, 0.2) is 43.1 Å². The van der Waals surface area contributed by atoms with E-state index in [4.69, 9.17) is 23.2 Å². The van der Waals surface area contributed by atoms with E-state index in [0.717, 1.165) is 0 Å². The lowest BCUT2D eigenvalue weighted by Gasteiger charge is -2.14. The van der Waals surface area contributed by atoms with E-state index in [1.54, 1.807) is 18.5 Å². The summed E-state index contributed by atoms with van der Waals surface area (Å²) in [6, 6.07) is 2.08. The van der Waals surface area contributed by atoms with Gasteiger partial charge in [0.05, 0.1) is 26.0 Å². The van der Waals surface area contributed by atoms with Crippen LogP contribution in [0.1, 0.15) is 11.1 Å². The molecule has 186 valence electrons. The fraction of sp³-hybridized carbons (Fsp3) is 0.118. The first kappa shape index (κ1) is 27.5.